The van der Waals surface area contributed by atoms with Crippen molar-refractivity contribution in [1.82, 2.24) is 4.72 Å². The first kappa shape index (κ1) is 15.0. The van der Waals surface area contributed by atoms with E-state index in [4.69, 9.17) is 17.3 Å². The number of nitrogens with one attached hydrogen (secondary N) is 1. The number of benzene rings is 1. The van der Waals surface area contributed by atoms with Crippen molar-refractivity contribution in [3.8, 4) is 0 Å². The summed E-state index contributed by atoms with van der Waals surface area (Å²) in [6.07, 6.45) is 3.44. The van der Waals surface area contributed by atoms with Gasteiger partial charge in [0.05, 0.1) is 5.69 Å². The quantitative estimate of drug-likeness (QED) is 0.836. The highest BCUT2D eigenvalue weighted by atomic mass is 35.5. The zero-order chi connectivity index (χ0) is 13.9. The maximum absolute atomic E-state index is 12.2. The Morgan fingerprint density at radius 2 is 2.21 bits per heavy atom. The second-order valence-electron chi connectivity index (χ2n) is 4.52. The van der Waals surface area contributed by atoms with Gasteiger partial charge in [-0.2, -0.15) is 11.8 Å². The van der Waals surface area contributed by atoms with Gasteiger partial charge in [-0.15, -0.1) is 0 Å². The van der Waals surface area contributed by atoms with Crippen LogP contribution in [0.1, 0.15) is 19.3 Å². The molecule has 0 spiro atoms. The summed E-state index contributed by atoms with van der Waals surface area (Å²) >= 11 is 7.64. The molecular formula is C12H17ClN2O2S2. The van der Waals surface area contributed by atoms with Crippen LogP contribution in [0.3, 0.4) is 0 Å². The van der Waals surface area contributed by atoms with Crippen LogP contribution >= 0.6 is 23.4 Å². The lowest BCUT2D eigenvalue weighted by molar-refractivity contribution is 0.574. The third kappa shape index (κ3) is 4.02. The maximum Gasteiger partial charge on any atom is 0.242 e. The molecule has 0 amide bonds. The van der Waals surface area contributed by atoms with E-state index in [-0.39, 0.29) is 10.6 Å². The zero-order valence-electron chi connectivity index (χ0n) is 10.4. The molecule has 1 saturated heterocycles. The van der Waals surface area contributed by atoms with E-state index >= 15 is 0 Å². The van der Waals surface area contributed by atoms with E-state index in [1.54, 1.807) is 6.07 Å². The number of nitrogen functional groups attached to an aromatic ring is 1. The first-order valence-corrected chi connectivity index (χ1v) is 9.06. The fourth-order valence-electron chi connectivity index (χ4n) is 1.99. The predicted molar refractivity (Wildman–Crippen MR) is 81.1 cm³/mol. The minimum Gasteiger partial charge on any atom is -0.398 e. The Morgan fingerprint density at radius 3 is 2.89 bits per heavy atom. The van der Waals surface area contributed by atoms with Crippen LogP contribution in [0.15, 0.2) is 23.1 Å². The number of halogens is 1. The minimum absolute atomic E-state index is 0.0563. The SMILES string of the molecule is Nc1ccc(Cl)cc1S(=O)(=O)NCC1CCCCS1. The highest BCUT2D eigenvalue weighted by Crippen LogP contribution is 2.26. The minimum atomic E-state index is -3.59. The molecule has 0 aliphatic carbocycles. The van der Waals surface area contributed by atoms with Crippen molar-refractivity contribution in [2.75, 3.05) is 18.0 Å². The van der Waals surface area contributed by atoms with Gasteiger partial charge < -0.3 is 5.73 Å². The van der Waals surface area contributed by atoms with Crippen molar-refractivity contribution < 1.29 is 8.42 Å². The molecule has 1 atom stereocenters. The standard InChI is InChI=1S/C12H17ClN2O2S2/c13-9-4-5-11(14)12(7-9)19(16,17)15-8-10-3-1-2-6-18-10/h4-5,7,10,15H,1-3,6,8,14H2. The Kier molecular flexibility index (Phi) is 5.00. The van der Waals surface area contributed by atoms with Crippen molar-refractivity contribution in [3.63, 3.8) is 0 Å². The van der Waals surface area contributed by atoms with Gasteiger partial charge in [-0.05, 0) is 36.8 Å². The van der Waals surface area contributed by atoms with E-state index in [9.17, 15) is 8.42 Å². The lowest BCUT2D eigenvalue weighted by Crippen LogP contribution is -2.32. The predicted octanol–water partition coefficient (Wildman–Crippen LogP) is 2.49. The van der Waals surface area contributed by atoms with Gasteiger partial charge in [-0.25, -0.2) is 13.1 Å². The molecule has 1 heterocycles. The lowest BCUT2D eigenvalue weighted by atomic mass is 10.2. The lowest BCUT2D eigenvalue weighted by Gasteiger charge is -2.21. The Morgan fingerprint density at radius 1 is 1.42 bits per heavy atom. The second kappa shape index (κ2) is 6.35. The summed E-state index contributed by atoms with van der Waals surface area (Å²) in [4.78, 5) is 0.0563. The van der Waals surface area contributed by atoms with Gasteiger partial charge >= 0.3 is 0 Å². The fourth-order valence-corrected chi connectivity index (χ4v) is 4.81. The number of sulfonamides is 1. The molecule has 1 aliphatic rings. The molecule has 0 bridgehead atoms. The van der Waals surface area contributed by atoms with Crippen LogP contribution in [0.5, 0.6) is 0 Å². The summed E-state index contributed by atoms with van der Waals surface area (Å²) in [5, 5.41) is 0.713. The molecule has 106 valence electrons. The van der Waals surface area contributed by atoms with Crippen LogP contribution in [0.4, 0.5) is 5.69 Å². The Hall–Kier alpha value is -0.430. The molecule has 3 N–H and O–H groups in total. The van der Waals surface area contributed by atoms with Crippen molar-refractivity contribution in [2.45, 2.75) is 29.4 Å². The van der Waals surface area contributed by atoms with E-state index in [1.807, 2.05) is 11.8 Å². The first-order chi connectivity index (χ1) is 8.99. The van der Waals surface area contributed by atoms with E-state index in [2.05, 4.69) is 4.72 Å². The van der Waals surface area contributed by atoms with Crippen molar-refractivity contribution in [1.29, 1.82) is 0 Å². The number of anilines is 1. The van der Waals surface area contributed by atoms with Gasteiger partial charge in [-0.1, -0.05) is 18.0 Å². The Balaban J connectivity index is 2.07. The number of nitrogens with two attached hydrogens (primary N) is 1. The summed E-state index contributed by atoms with van der Waals surface area (Å²) in [5.74, 6) is 1.10. The molecule has 0 radical (unpaired) electrons. The number of rotatable bonds is 4. The average Bonchev–Trinajstić information content (AvgIpc) is 2.40. The molecule has 1 aliphatic heterocycles. The van der Waals surface area contributed by atoms with Gasteiger partial charge in [0.2, 0.25) is 10.0 Å². The fraction of sp³-hybridized carbons (Fsp3) is 0.500. The smallest absolute Gasteiger partial charge is 0.242 e. The normalized spacial score (nSPS) is 20.4. The molecule has 1 unspecified atom stereocenters. The molecule has 2 rings (SSSR count). The zero-order valence-corrected chi connectivity index (χ0v) is 12.8. The van der Waals surface area contributed by atoms with Crippen molar-refractivity contribution >= 4 is 39.1 Å². The second-order valence-corrected chi connectivity index (χ2v) is 8.10. The molecule has 1 fully saturated rings. The topological polar surface area (TPSA) is 72.2 Å². The summed E-state index contributed by atoms with van der Waals surface area (Å²) < 4.78 is 27.0. The molecule has 0 saturated carbocycles. The number of thioether (sulfide) groups is 1. The maximum atomic E-state index is 12.2. The highest BCUT2D eigenvalue weighted by molar-refractivity contribution is 8.00. The van der Waals surface area contributed by atoms with Gasteiger partial charge in [0.1, 0.15) is 4.90 Å². The largest absolute Gasteiger partial charge is 0.398 e. The summed E-state index contributed by atoms with van der Waals surface area (Å²) in [5.41, 5.74) is 5.92. The van der Waals surface area contributed by atoms with Gasteiger partial charge in [0, 0.05) is 16.8 Å². The third-order valence-electron chi connectivity index (χ3n) is 3.04. The molecule has 1 aromatic rings. The molecule has 7 heteroatoms. The molecule has 4 nitrogen and oxygen atoms in total. The van der Waals surface area contributed by atoms with E-state index in [1.165, 1.54) is 25.0 Å². The van der Waals surface area contributed by atoms with Crippen LogP contribution in [0.25, 0.3) is 0 Å². The van der Waals surface area contributed by atoms with Crippen molar-refractivity contribution in [2.24, 2.45) is 0 Å². The van der Waals surface area contributed by atoms with Crippen LogP contribution in [0, 0.1) is 0 Å². The average molecular weight is 321 g/mol. The molecule has 1 aromatic carbocycles. The number of hydrogen-bond donors (Lipinski definition) is 2. The monoisotopic (exact) mass is 320 g/mol. The van der Waals surface area contributed by atoms with Gasteiger partial charge in [-0.3, -0.25) is 0 Å². The first-order valence-electron chi connectivity index (χ1n) is 6.15. The summed E-state index contributed by atoms with van der Waals surface area (Å²) in [7, 11) is -3.59. The van der Waals surface area contributed by atoms with Crippen LogP contribution in [-0.2, 0) is 10.0 Å². The Bertz CT molecular complexity index is 543. The van der Waals surface area contributed by atoms with Gasteiger partial charge in [0.15, 0.2) is 0 Å². The van der Waals surface area contributed by atoms with E-state index in [0.29, 0.717) is 16.8 Å². The summed E-state index contributed by atoms with van der Waals surface area (Å²) in [6, 6.07) is 4.46. The van der Waals surface area contributed by atoms with E-state index in [0.717, 1.165) is 12.2 Å². The number of hydrogen-bond acceptors (Lipinski definition) is 4. The van der Waals surface area contributed by atoms with Crippen LogP contribution < -0.4 is 10.5 Å². The van der Waals surface area contributed by atoms with Crippen LogP contribution in [0.2, 0.25) is 5.02 Å². The molecule has 19 heavy (non-hydrogen) atoms. The van der Waals surface area contributed by atoms with E-state index < -0.39 is 10.0 Å². The molecule has 0 aromatic heterocycles. The van der Waals surface area contributed by atoms with Gasteiger partial charge in [0.25, 0.3) is 0 Å². The van der Waals surface area contributed by atoms with Crippen LogP contribution in [-0.4, -0.2) is 26.0 Å². The molecular weight excluding hydrogens is 304 g/mol. The summed E-state index contributed by atoms with van der Waals surface area (Å²) in [6.45, 7) is 0.443. The van der Waals surface area contributed by atoms with Crippen molar-refractivity contribution in [3.05, 3.63) is 23.2 Å². The third-order valence-corrected chi connectivity index (χ3v) is 6.15. The Labute approximate surface area is 123 Å². The highest BCUT2D eigenvalue weighted by Gasteiger charge is 2.21.